The SMILES string of the molecule is Nc1cc2c(nn1)SCC(=O)N2. The molecule has 2 rings (SSSR count). The van der Waals surface area contributed by atoms with Gasteiger partial charge in [-0.25, -0.2) is 0 Å². The summed E-state index contributed by atoms with van der Waals surface area (Å²) in [4.78, 5) is 10.9. The van der Waals surface area contributed by atoms with Gasteiger partial charge in [-0.15, -0.1) is 10.2 Å². The van der Waals surface area contributed by atoms with E-state index >= 15 is 0 Å². The Morgan fingerprint density at radius 3 is 3.25 bits per heavy atom. The van der Waals surface area contributed by atoms with Crippen LogP contribution < -0.4 is 11.1 Å². The van der Waals surface area contributed by atoms with Crippen LogP contribution in [0, 0.1) is 0 Å². The van der Waals surface area contributed by atoms with Crippen LogP contribution in [0.1, 0.15) is 0 Å². The fourth-order valence-corrected chi connectivity index (χ4v) is 1.62. The first-order valence-corrected chi connectivity index (χ1v) is 4.30. The van der Waals surface area contributed by atoms with Gasteiger partial charge in [-0.3, -0.25) is 4.79 Å². The zero-order valence-electron chi connectivity index (χ0n) is 6.07. The van der Waals surface area contributed by atoms with Gasteiger partial charge in [-0.05, 0) is 0 Å². The molecule has 0 saturated carbocycles. The van der Waals surface area contributed by atoms with Crippen molar-refractivity contribution in [3.05, 3.63) is 6.07 Å². The van der Waals surface area contributed by atoms with Crippen molar-refractivity contribution in [2.45, 2.75) is 5.03 Å². The van der Waals surface area contributed by atoms with E-state index in [1.807, 2.05) is 0 Å². The summed E-state index contributed by atoms with van der Waals surface area (Å²) >= 11 is 1.36. The maximum Gasteiger partial charge on any atom is 0.234 e. The van der Waals surface area contributed by atoms with E-state index in [-0.39, 0.29) is 5.91 Å². The molecule has 6 heteroatoms. The molecule has 5 nitrogen and oxygen atoms in total. The standard InChI is InChI=1S/C6H6N4OS/c7-4-1-3-6(10-9-4)12-2-5(11)8-3/h1H,2H2,(H2,7,9)(H,8,11). The van der Waals surface area contributed by atoms with E-state index in [9.17, 15) is 4.79 Å². The number of nitrogens with zero attached hydrogens (tertiary/aromatic N) is 2. The van der Waals surface area contributed by atoms with Gasteiger partial charge in [0.1, 0.15) is 10.8 Å². The molecular weight excluding hydrogens is 176 g/mol. The van der Waals surface area contributed by atoms with Crippen molar-refractivity contribution in [1.29, 1.82) is 0 Å². The lowest BCUT2D eigenvalue weighted by Gasteiger charge is -2.13. The first-order chi connectivity index (χ1) is 5.75. The third-order valence-corrected chi connectivity index (χ3v) is 2.37. The van der Waals surface area contributed by atoms with Crippen LogP contribution in [0.25, 0.3) is 0 Å². The smallest absolute Gasteiger partial charge is 0.234 e. The number of nitrogen functional groups attached to an aromatic ring is 1. The Kier molecular flexibility index (Phi) is 1.61. The van der Waals surface area contributed by atoms with Crippen LogP contribution in [-0.2, 0) is 4.79 Å². The molecule has 1 aromatic heterocycles. The van der Waals surface area contributed by atoms with Gasteiger partial charge in [0, 0.05) is 6.07 Å². The second-order valence-corrected chi connectivity index (χ2v) is 3.29. The normalized spacial score (nSPS) is 15.2. The van der Waals surface area contributed by atoms with Crippen molar-refractivity contribution in [3.8, 4) is 0 Å². The average Bonchev–Trinajstić information content (AvgIpc) is 2.03. The largest absolute Gasteiger partial charge is 0.382 e. The van der Waals surface area contributed by atoms with Crippen molar-refractivity contribution < 1.29 is 4.79 Å². The number of aromatic nitrogens is 2. The molecule has 0 spiro atoms. The van der Waals surface area contributed by atoms with E-state index in [2.05, 4.69) is 15.5 Å². The quantitative estimate of drug-likeness (QED) is 0.595. The van der Waals surface area contributed by atoms with Crippen LogP contribution >= 0.6 is 11.8 Å². The lowest BCUT2D eigenvalue weighted by atomic mass is 10.4. The van der Waals surface area contributed by atoms with Gasteiger partial charge in [-0.1, -0.05) is 11.8 Å². The molecule has 0 saturated heterocycles. The third kappa shape index (κ3) is 1.20. The Hall–Kier alpha value is -1.30. The molecule has 1 aliphatic rings. The molecule has 0 radical (unpaired) electrons. The van der Waals surface area contributed by atoms with Crippen molar-refractivity contribution >= 4 is 29.2 Å². The van der Waals surface area contributed by atoms with Gasteiger partial charge in [0.2, 0.25) is 5.91 Å². The Labute approximate surface area is 72.7 Å². The summed E-state index contributed by atoms with van der Waals surface area (Å²) < 4.78 is 0. The highest BCUT2D eigenvalue weighted by Gasteiger charge is 2.16. The molecular formula is C6H6N4OS. The highest BCUT2D eigenvalue weighted by atomic mass is 32.2. The minimum Gasteiger partial charge on any atom is -0.382 e. The van der Waals surface area contributed by atoms with E-state index in [0.29, 0.717) is 17.3 Å². The third-order valence-electron chi connectivity index (χ3n) is 1.39. The number of fused-ring (bicyclic) bond motifs is 1. The monoisotopic (exact) mass is 182 g/mol. The van der Waals surface area contributed by atoms with Gasteiger partial charge in [-0.2, -0.15) is 0 Å². The molecule has 0 bridgehead atoms. The molecule has 12 heavy (non-hydrogen) atoms. The molecule has 1 aliphatic heterocycles. The highest BCUT2D eigenvalue weighted by molar-refractivity contribution is 8.00. The Morgan fingerprint density at radius 2 is 2.42 bits per heavy atom. The molecule has 1 amide bonds. The molecule has 0 aromatic carbocycles. The van der Waals surface area contributed by atoms with Crippen LogP contribution in [0.15, 0.2) is 11.1 Å². The van der Waals surface area contributed by atoms with Crippen LogP contribution in [0.2, 0.25) is 0 Å². The Balaban J connectivity index is 2.44. The van der Waals surface area contributed by atoms with Crippen molar-refractivity contribution in [3.63, 3.8) is 0 Å². The summed E-state index contributed by atoms with van der Waals surface area (Å²) in [5, 5.41) is 10.9. The fraction of sp³-hybridized carbons (Fsp3) is 0.167. The van der Waals surface area contributed by atoms with Gasteiger partial charge in [0.05, 0.1) is 11.4 Å². The Bertz CT molecular complexity index is 340. The number of carbonyl (C=O) groups excluding carboxylic acids is 1. The second-order valence-electron chi connectivity index (χ2n) is 2.32. The summed E-state index contributed by atoms with van der Waals surface area (Å²) in [7, 11) is 0. The van der Waals surface area contributed by atoms with Crippen molar-refractivity contribution in [2.24, 2.45) is 0 Å². The first-order valence-electron chi connectivity index (χ1n) is 3.31. The van der Waals surface area contributed by atoms with Gasteiger partial charge in [0.25, 0.3) is 0 Å². The summed E-state index contributed by atoms with van der Waals surface area (Å²) in [6.07, 6.45) is 0. The number of carbonyl (C=O) groups is 1. The van der Waals surface area contributed by atoms with Gasteiger partial charge in [0.15, 0.2) is 0 Å². The van der Waals surface area contributed by atoms with E-state index < -0.39 is 0 Å². The molecule has 1 aromatic rings. The zero-order valence-corrected chi connectivity index (χ0v) is 6.89. The van der Waals surface area contributed by atoms with Crippen molar-refractivity contribution in [1.82, 2.24) is 10.2 Å². The summed E-state index contributed by atoms with van der Waals surface area (Å²) in [6, 6.07) is 1.60. The maximum absolute atomic E-state index is 10.9. The number of hydrogen-bond acceptors (Lipinski definition) is 5. The first kappa shape index (κ1) is 7.35. The topological polar surface area (TPSA) is 80.9 Å². The summed E-state index contributed by atoms with van der Waals surface area (Å²) in [5.41, 5.74) is 6.05. The molecule has 0 atom stereocenters. The lowest BCUT2D eigenvalue weighted by Crippen LogP contribution is -2.19. The number of nitrogens with two attached hydrogens (primary N) is 1. The minimum absolute atomic E-state index is 0.0279. The predicted molar refractivity (Wildman–Crippen MR) is 45.8 cm³/mol. The van der Waals surface area contributed by atoms with Gasteiger partial charge < -0.3 is 11.1 Å². The number of nitrogens with one attached hydrogen (secondary N) is 1. The molecule has 0 aliphatic carbocycles. The number of amides is 1. The second kappa shape index (κ2) is 2.63. The summed E-state index contributed by atoms with van der Waals surface area (Å²) in [6.45, 7) is 0. The number of anilines is 2. The number of thioether (sulfide) groups is 1. The maximum atomic E-state index is 10.9. The van der Waals surface area contributed by atoms with E-state index in [4.69, 9.17) is 5.73 Å². The molecule has 0 fully saturated rings. The lowest BCUT2D eigenvalue weighted by molar-refractivity contribution is -0.113. The van der Waals surface area contributed by atoms with E-state index in [0.717, 1.165) is 5.03 Å². The highest BCUT2D eigenvalue weighted by Crippen LogP contribution is 2.28. The van der Waals surface area contributed by atoms with Gasteiger partial charge >= 0.3 is 0 Å². The van der Waals surface area contributed by atoms with Crippen LogP contribution in [-0.4, -0.2) is 21.9 Å². The minimum atomic E-state index is -0.0279. The van der Waals surface area contributed by atoms with Crippen LogP contribution in [0.3, 0.4) is 0 Å². The summed E-state index contributed by atoms with van der Waals surface area (Å²) in [5.74, 6) is 0.683. The van der Waals surface area contributed by atoms with Crippen LogP contribution in [0.4, 0.5) is 11.5 Å². The molecule has 0 unspecified atom stereocenters. The van der Waals surface area contributed by atoms with E-state index in [1.54, 1.807) is 6.07 Å². The zero-order chi connectivity index (χ0) is 8.55. The molecule has 62 valence electrons. The predicted octanol–water partition coefficient (Wildman–Crippen LogP) is 0.103. The number of rotatable bonds is 0. The van der Waals surface area contributed by atoms with E-state index in [1.165, 1.54) is 11.8 Å². The molecule has 3 N–H and O–H groups in total. The fourth-order valence-electron chi connectivity index (χ4n) is 0.912. The van der Waals surface area contributed by atoms with Crippen molar-refractivity contribution in [2.75, 3.05) is 16.8 Å². The molecule has 2 heterocycles. The Morgan fingerprint density at radius 1 is 1.58 bits per heavy atom. The average molecular weight is 182 g/mol. The van der Waals surface area contributed by atoms with Crippen LogP contribution in [0.5, 0.6) is 0 Å². The number of hydrogen-bond donors (Lipinski definition) is 2.